The van der Waals surface area contributed by atoms with Crippen LogP contribution in [0.5, 0.6) is 0 Å². The van der Waals surface area contributed by atoms with E-state index in [1.807, 2.05) is 18.2 Å². The van der Waals surface area contributed by atoms with Gasteiger partial charge in [0.25, 0.3) is 0 Å². The molecule has 2 heterocycles. The van der Waals surface area contributed by atoms with Crippen LogP contribution < -0.4 is 0 Å². The fraction of sp³-hybridized carbons (Fsp3) is 0. The van der Waals surface area contributed by atoms with Crippen LogP contribution >= 0.6 is 11.3 Å². The Kier molecular flexibility index (Phi) is 4.64. The molecule has 164 valence electrons. The van der Waals surface area contributed by atoms with E-state index in [-0.39, 0.29) is 0 Å². The van der Waals surface area contributed by atoms with Gasteiger partial charge in [-0.1, -0.05) is 91.0 Å². The summed E-state index contributed by atoms with van der Waals surface area (Å²) in [7, 11) is 0. The Labute approximate surface area is 206 Å². The van der Waals surface area contributed by atoms with Gasteiger partial charge in [-0.3, -0.25) is 0 Å². The fourth-order valence-corrected chi connectivity index (χ4v) is 5.49. The molecule has 0 atom stereocenters. The number of nitrogens with zero attached hydrogens (tertiary/aromatic N) is 3. The molecule has 0 aliphatic heterocycles. The molecule has 0 radical (unpaired) electrons. The minimum absolute atomic E-state index is 0.725. The van der Waals surface area contributed by atoms with Crippen molar-refractivity contribution >= 4 is 43.2 Å². The number of benzene rings is 5. The van der Waals surface area contributed by atoms with Gasteiger partial charge in [0.05, 0.1) is 21.4 Å². The molecule has 0 saturated heterocycles. The summed E-state index contributed by atoms with van der Waals surface area (Å²) in [4.78, 5) is 14.8. The van der Waals surface area contributed by atoms with E-state index in [0.717, 1.165) is 49.6 Å². The van der Waals surface area contributed by atoms with Gasteiger partial charge in [0.15, 0.2) is 5.82 Å². The van der Waals surface area contributed by atoms with Gasteiger partial charge in [-0.05, 0) is 35.0 Å². The Bertz CT molecular complexity index is 1820. The van der Waals surface area contributed by atoms with Crippen molar-refractivity contribution in [3.05, 3.63) is 115 Å². The highest BCUT2D eigenvalue weighted by Gasteiger charge is 2.13. The van der Waals surface area contributed by atoms with E-state index in [4.69, 9.17) is 15.0 Å². The first-order chi connectivity index (χ1) is 17.3. The number of rotatable bonds is 3. The van der Waals surface area contributed by atoms with Crippen molar-refractivity contribution in [1.29, 1.82) is 0 Å². The molecule has 0 amide bonds. The van der Waals surface area contributed by atoms with Gasteiger partial charge in [0.1, 0.15) is 5.01 Å². The van der Waals surface area contributed by atoms with Crippen LogP contribution in [0.3, 0.4) is 0 Å². The van der Waals surface area contributed by atoms with E-state index in [1.54, 1.807) is 11.3 Å². The summed E-state index contributed by atoms with van der Waals surface area (Å²) in [5, 5.41) is 4.50. The zero-order valence-corrected chi connectivity index (χ0v) is 19.5. The molecule has 0 bridgehead atoms. The third kappa shape index (κ3) is 3.56. The highest BCUT2D eigenvalue weighted by molar-refractivity contribution is 7.21. The van der Waals surface area contributed by atoms with Crippen LogP contribution in [0.25, 0.3) is 65.1 Å². The maximum Gasteiger partial charge on any atom is 0.160 e. The average Bonchev–Trinajstić information content (AvgIpc) is 3.37. The van der Waals surface area contributed by atoms with E-state index < -0.39 is 0 Å². The summed E-state index contributed by atoms with van der Waals surface area (Å²) in [6.07, 6.45) is 0. The van der Waals surface area contributed by atoms with Crippen LogP contribution in [-0.2, 0) is 0 Å². The molecule has 0 unspecified atom stereocenters. The van der Waals surface area contributed by atoms with Crippen LogP contribution in [-0.4, -0.2) is 15.0 Å². The third-order valence-electron chi connectivity index (χ3n) is 6.31. The molecule has 7 aromatic rings. The van der Waals surface area contributed by atoms with Gasteiger partial charge in [0.2, 0.25) is 0 Å². The topological polar surface area (TPSA) is 38.7 Å². The smallest absolute Gasteiger partial charge is 0.160 e. The second-order valence-electron chi connectivity index (χ2n) is 8.54. The van der Waals surface area contributed by atoms with Gasteiger partial charge in [-0.2, -0.15) is 0 Å². The number of fused-ring (bicyclic) bond motifs is 3. The van der Waals surface area contributed by atoms with E-state index in [9.17, 15) is 0 Å². The zero-order valence-electron chi connectivity index (χ0n) is 18.7. The molecular formula is C31H19N3S. The summed E-state index contributed by atoms with van der Waals surface area (Å²) in [6, 6.07) is 39.8. The molecule has 5 aromatic carbocycles. The van der Waals surface area contributed by atoms with Crippen molar-refractivity contribution in [3.63, 3.8) is 0 Å². The van der Waals surface area contributed by atoms with E-state index in [1.165, 1.54) is 15.5 Å². The quantitative estimate of drug-likeness (QED) is 0.263. The lowest BCUT2D eigenvalue weighted by Gasteiger charge is -2.10. The molecule has 35 heavy (non-hydrogen) atoms. The first kappa shape index (κ1) is 20.0. The molecule has 0 aliphatic rings. The largest absolute Gasteiger partial charge is 0.236 e. The number of hydrogen-bond donors (Lipinski definition) is 0. The molecule has 0 aliphatic carbocycles. The molecule has 4 heteroatoms. The number of aromatic nitrogens is 3. The van der Waals surface area contributed by atoms with E-state index in [0.29, 0.717) is 0 Å². The average molecular weight is 466 g/mol. The van der Waals surface area contributed by atoms with E-state index >= 15 is 0 Å². The van der Waals surface area contributed by atoms with Gasteiger partial charge in [0, 0.05) is 22.1 Å². The van der Waals surface area contributed by atoms with Crippen LogP contribution in [0.1, 0.15) is 0 Å². The highest BCUT2D eigenvalue weighted by atomic mass is 32.1. The normalized spacial score (nSPS) is 11.4. The van der Waals surface area contributed by atoms with Crippen molar-refractivity contribution < 1.29 is 0 Å². The Morgan fingerprint density at radius 2 is 1.17 bits per heavy atom. The summed E-state index contributed by atoms with van der Waals surface area (Å²) >= 11 is 1.71. The highest BCUT2D eigenvalue weighted by Crippen LogP contribution is 2.33. The maximum atomic E-state index is 5.06. The van der Waals surface area contributed by atoms with E-state index in [2.05, 4.69) is 97.1 Å². The molecular weight excluding hydrogens is 446 g/mol. The SMILES string of the molecule is c1ccc2cc(-c3nc(-c4ccc(-c5nc6ccccc6s5)cc4)nc4ccccc34)ccc2c1. The molecule has 3 nitrogen and oxygen atoms in total. The fourth-order valence-electron chi connectivity index (χ4n) is 4.52. The summed E-state index contributed by atoms with van der Waals surface area (Å²) in [5.74, 6) is 0.725. The molecule has 0 spiro atoms. The molecule has 7 rings (SSSR count). The summed E-state index contributed by atoms with van der Waals surface area (Å²) in [6.45, 7) is 0. The van der Waals surface area contributed by atoms with Crippen LogP contribution in [0.4, 0.5) is 0 Å². The molecule has 0 saturated carbocycles. The van der Waals surface area contributed by atoms with Crippen LogP contribution in [0.15, 0.2) is 115 Å². The third-order valence-corrected chi connectivity index (χ3v) is 7.40. The van der Waals surface area contributed by atoms with Crippen molar-refractivity contribution in [2.75, 3.05) is 0 Å². The minimum atomic E-state index is 0.725. The molecule has 2 aromatic heterocycles. The minimum Gasteiger partial charge on any atom is -0.236 e. The number of hydrogen-bond acceptors (Lipinski definition) is 4. The zero-order chi connectivity index (χ0) is 23.2. The predicted octanol–water partition coefficient (Wildman–Crippen LogP) is 8.39. The lowest BCUT2D eigenvalue weighted by atomic mass is 10.0. The van der Waals surface area contributed by atoms with Gasteiger partial charge < -0.3 is 0 Å². The van der Waals surface area contributed by atoms with Gasteiger partial charge in [-0.15, -0.1) is 11.3 Å². The second kappa shape index (κ2) is 8.12. The second-order valence-corrected chi connectivity index (χ2v) is 9.57. The first-order valence-electron chi connectivity index (χ1n) is 11.5. The van der Waals surface area contributed by atoms with Gasteiger partial charge in [-0.25, -0.2) is 15.0 Å². The monoisotopic (exact) mass is 465 g/mol. The standard InChI is InChI=1S/C31H19N3S/c1-2-8-23-19-24(18-13-20(23)7-1)29-25-9-3-4-10-26(25)32-30(34-29)21-14-16-22(17-15-21)31-33-27-11-5-6-12-28(27)35-31/h1-19H. The summed E-state index contributed by atoms with van der Waals surface area (Å²) < 4.78 is 1.20. The van der Waals surface area contributed by atoms with Gasteiger partial charge >= 0.3 is 0 Å². The van der Waals surface area contributed by atoms with Crippen molar-refractivity contribution in [2.45, 2.75) is 0 Å². The Morgan fingerprint density at radius 1 is 0.486 bits per heavy atom. The Morgan fingerprint density at radius 3 is 2.03 bits per heavy atom. The summed E-state index contributed by atoms with van der Waals surface area (Å²) in [5.41, 5.74) is 6.11. The first-order valence-corrected chi connectivity index (χ1v) is 12.4. The number of para-hydroxylation sites is 2. The van der Waals surface area contributed by atoms with Crippen molar-refractivity contribution in [1.82, 2.24) is 15.0 Å². The number of thiazole rings is 1. The Hall–Kier alpha value is -4.41. The van der Waals surface area contributed by atoms with Crippen molar-refractivity contribution in [2.24, 2.45) is 0 Å². The molecule has 0 fully saturated rings. The lowest BCUT2D eigenvalue weighted by molar-refractivity contribution is 1.23. The Balaban J connectivity index is 1.34. The van der Waals surface area contributed by atoms with Crippen LogP contribution in [0, 0.1) is 0 Å². The van der Waals surface area contributed by atoms with Crippen LogP contribution in [0.2, 0.25) is 0 Å². The molecule has 0 N–H and O–H groups in total. The van der Waals surface area contributed by atoms with Crippen molar-refractivity contribution in [3.8, 4) is 33.2 Å². The maximum absolute atomic E-state index is 5.06. The predicted molar refractivity (Wildman–Crippen MR) is 147 cm³/mol. The lowest BCUT2D eigenvalue weighted by Crippen LogP contribution is -1.95.